The Morgan fingerprint density at radius 3 is 3.00 bits per heavy atom. The van der Waals surface area contributed by atoms with Crippen molar-refractivity contribution in [2.45, 2.75) is 6.42 Å². The van der Waals surface area contributed by atoms with Crippen LogP contribution in [0.5, 0.6) is 0 Å². The molecule has 0 atom stereocenters. The summed E-state index contributed by atoms with van der Waals surface area (Å²) in [7, 11) is 0. The highest BCUT2D eigenvalue weighted by Gasteiger charge is 1.93. The molecular weight excluding hydrogens is 206 g/mol. The van der Waals surface area contributed by atoms with Crippen LogP contribution in [0, 0.1) is 23.2 Å². The van der Waals surface area contributed by atoms with Crippen molar-refractivity contribution < 1.29 is 0 Å². The third kappa shape index (κ3) is 4.12. The molecule has 0 saturated carbocycles. The van der Waals surface area contributed by atoms with Gasteiger partial charge >= 0.3 is 0 Å². The van der Waals surface area contributed by atoms with Crippen LogP contribution in [0.1, 0.15) is 12.0 Å². The number of hydrogen-bond acceptors (Lipinski definition) is 2. The number of nitrogens with two attached hydrogens (primary N) is 1. The fraction of sp³-hybridized carbons (Fsp3) is 0.0909. The molecule has 74 valence electrons. The van der Waals surface area contributed by atoms with E-state index in [-0.39, 0.29) is 11.5 Å². The molecule has 1 aromatic carbocycles. The number of nitrogens with zero attached hydrogens (tertiary/aromatic N) is 1. The highest BCUT2D eigenvalue weighted by molar-refractivity contribution is 7.80. The minimum atomic E-state index is 0.220. The van der Waals surface area contributed by atoms with Gasteiger partial charge in [0.25, 0.3) is 0 Å². The summed E-state index contributed by atoms with van der Waals surface area (Å²) in [5.41, 5.74) is 6.96. The largest absolute Gasteiger partial charge is 0.376 e. The van der Waals surface area contributed by atoms with Gasteiger partial charge in [-0.2, -0.15) is 5.26 Å². The molecule has 0 aromatic heterocycles. The molecule has 0 aliphatic rings. The first-order valence-electron chi connectivity index (χ1n) is 4.24. The Kier molecular flexibility index (Phi) is 4.15. The van der Waals surface area contributed by atoms with E-state index in [0.29, 0.717) is 0 Å². The summed E-state index contributed by atoms with van der Waals surface area (Å²) in [6.07, 6.45) is 0.229. The maximum atomic E-state index is 8.32. The van der Waals surface area contributed by atoms with Crippen LogP contribution < -0.4 is 11.1 Å². The number of rotatable bonds is 1. The van der Waals surface area contributed by atoms with Crippen molar-refractivity contribution in [3.63, 3.8) is 0 Å². The third-order valence-corrected chi connectivity index (χ3v) is 1.63. The molecule has 0 spiro atoms. The van der Waals surface area contributed by atoms with Gasteiger partial charge in [0.05, 0.1) is 12.5 Å². The lowest BCUT2D eigenvalue weighted by atomic mass is 10.2. The molecule has 3 nitrogen and oxygen atoms in total. The van der Waals surface area contributed by atoms with Crippen molar-refractivity contribution >= 4 is 23.0 Å². The van der Waals surface area contributed by atoms with Crippen LogP contribution in [0.3, 0.4) is 0 Å². The van der Waals surface area contributed by atoms with Gasteiger partial charge in [-0.25, -0.2) is 0 Å². The second-order valence-corrected chi connectivity index (χ2v) is 3.15. The highest BCUT2D eigenvalue weighted by Crippen LogP contribution is 2.09. The SMILES string of the molecule is N#CCC#Cc1cccc(NC(N)=S)c1. The van der Waals surface area contributed by atoms with E-state index in [4.69, 9.17) is 23.2 Å². The highest BCUT2D eigenvalue weighted by atomic mass is 32.1. The summed E-state index contributed by atoms with van der Waals surface area (Å²) in [5.74, 6) is 5.59. The maximum absolute atomic E-state index is 8.32. The monoisotopic (exact) mass is 215 g/mol. The predicted octanol–water partition coefficient (Wildman–Crippen LogP) is 1.61. The lowest BCUT2D eigenvalue weighted by Gasteiger charge is -2.02. The van der Waals surface area contributed by atoms with Gasteiger partial charge in [0.2, 0.25) is 0 Å². The summed E-state index contributed by atoms with van der Waals surface area (Å²) in [5, 5.41) is 11.4. The van der Waals surface area contributed by atoms with Gasteiger partial charge in [-0.3, -0.25) is 0 Å². The second-order valence-electron chi connectivity index (χ2n) is 2.71. The lowest BCUT2D eigenvalue weighted by Crippen LogP contribution is -2.18. The van der Waals surface area contributed by atoms with Crippen molar-refractivity contribution in [3.8, 4) is 17.9 Å². The molecule has 0 unspecified atom stereocenters. The predicted molar refractivity (Wildman–Crippen MR) is 64.0 cm³/mol. The number of nitriles is 1. The van der Waals surface area contributed by atoms with Gasteiger partial charge < -0.3 is 11.1 Å². The van der Waals surface area contributed by atoms with Crippen molar-refractivity contribution in [1.82, 2.24) is 0 Å². The Morgan fingerprint density at radius 1 is 1.53 bits per heavy atom. The smallest absolute Gasteiger partial charge is 0.168 e. The van der Waals surface area contributed by atoms with Crippen LogP contribution in [-0.2, 0) is 0 Å². The number of anilines is 1. The zero-order valence-corrected chi connectivity index (χ0v) is 8.77. The van der Waals surface area contributed by atoms with E-state index in [1.54, 1.807) is 0 Å². The van der Waals surface area contributed by atoms with Crippen molar-refractivity contribution in [2.24, 2.45) is 5.73 Å². The number of hydrogen-bond donors (Lipinski definition) is 2. The zero-order valence-electron chi connectivity index (χ0n) is 7.95. The molecule has 0 bridgehead atoms. The summed E-state index contributed by atoms with van der Waals surface area (Å²) in [6.45, 7) is 0. The number of benzene rings is 1. The molecule has 0 heterocycles. The quantitative estimate of drug-likeness (QED) is 0.552. The fourth-order valence-corrected chi connectivity index (χ4v) is 1.12. The first kappa shape index (κ1) is 11.0. The zero-order chi connectivity index (χ0) is 11.1. The van der Waals surface area contributed by atoms with Crippen LogP contribution in [0.15, 0.2) is 24.3 Å². The molecule has 15 heavy (non-hydrogen) atoms. The van der Waals surface area contributed by atoms with Gasteiger partial charge in [-0.05, 0) is 30.4 Å². The first-order chi connectivity index (χ1) is 7.22. The Morgan fingerprint density at radius 2 is 2.33 bits per heavy atom. The van der Waals surface area contributed by atoms with E-state index in [9.17, 15) is 0 Å². The molecule has 3 N–H and O–H groups in total. The van der Waals surface area contributed by atoms with Crippen LogP contribution in [0.2, 0.25) is 0 Å². The summed E-state index contributed by atoms with van der Waals surface area (Å²) >= 11 is 4.71. The van der Waals surface area contributed by atoms with Gasteiger partial charge in [-0.1, -0.05) is 17.9 Å². The Balaban J connectivity index is 2.80. The number of nitrogens with one attached hydrogen (secondary N) is 1. The molecule has 0 aliphatic heterocycles. The average Bonchev–Trinajstić information content (AvgIpc) is 2.18. The van der Waals surface area contributed by atoms with Crippen LogP contribution in [0.4, 0.5) is 5.69 Å². The summed E-state index contributed by atoms with van der Waals surface area (Å²) < 4.78 is 0. The minimum Gasteiger partial charge on any atom is -0.376 e. The topological polar surface area (TPSA) is 61.8 Å². The Hall–Kier alpha value is -2.04. The van der Waals surface area contributed by atoms with Crippen molar-refractivity contribution in [3.05, 3.63) is 29.8 Å². The lowest BCUT2D eigenvalue weighted by molar-refractivity contribution is 1.39. The molecule has 0 fully saturated rings. The van der Waals surface area contributed by atoms with E-state index >= 15 is 0 Å². The van der Waals surface area contributed by atoms with Gasteiger partial charge in [0.15, 0.2) is 5.11 Å². The maximum Gasteiger partial charge on any atom is 0.168 e. The normalized spacial score (nSPS) is 8.20. The molecule has 1 aromatic rings. The van der Waals surface area contributed by atoms with E-state index in [1.165, 1.54) is 0 Å². The molecule has 0 saturated heterocycles. The van der Waals surface area contributed by atoms with Gasteiger partial charge in [-0.15, -0.1) is 0 Å². The molecule has 0 radical (unpaired) electrons. The molecular formula is C11H9N3S. The number of thiocarbonyl (C=S) groups is 1. The fourth-order valence-electron chi connectivity index (χ4n) is 1.00. The first-order valence-corrected chi connectivity index (χ1v) is 4.65. The third-order valence-electron chi connectivity index (χ3n) is 1.53. The molecule has 1 rings (SSSR count). The van der Waals surface area contributed by atoms with Gasteiger partial charge in [0.1, 0.15) is 0 Å². The van der Waals surface area contributed by atoms with Crippen LogP contribution in [0.25, 0.3) is 0 Å². The Bertz CT molecular complexity index is 463. The average molecular weight is 215 g/mol. The summed E-state index contributed by atoms with van der Waals surface area (Å²) in [4.78, 5) is 0. The standard InChI is InChI=1S/C11H9N3S/c12-7-2-1-4-9-5-3-6-10(8-9)14-11(13)15/h3,5-6,8H,2H2,(H3,13,14,15). The minimum absolute atomic E-state index is 0.220. The summed E-state index contributed by atoms with van der Waals surface area (Å²) in [6, 6.07) is 9.32. The van der Waals surface area contributed by atoms with Gasteiger partial charge in [0, 0.05) is 11.3 Å². The van der Waals surface area contributed by atoms with E-state index in [0.717, 1.165) is 11.3 Å². The Labute approximate surface area is 93.9 Å². The van der Waals surface area contributed by atoms with E-state index < -0.39 is 0 Å². The van der Waals surface area contributed by atoms with Crippen molar-refractivity contribution in [2.75, 3.05) is 5.32 Å². The molecule has 0 amide bonds. The molecule has 4 heteroatoms. The van der Waals surface area contributed by atoms with Crippen molar-refractivity contribution in [1.29, 1.82) is 5.26 Å². The molecule has 0 aliphatic carbocycles. The van der Waals surface area contributed by atoms with Crippen LogP contribution in [-0.4, -0.2) is 5.11 Å². The van der Waals surface area contributed by atoms with Crippen LogP contribution >= 0.6 is 12.2 Å². The van der Waals surface area contributed by atoms with E-state index in [1.807, 2.05) is 30.3 Å². The van der Waals surface area contributed by atoms with E-state index in [2.05, 4.69) is 17.2 Å². The second kappa shape index (κ2) is 5.64.